The number of hydrogen-bond donors (Lipinski definition) is 0. The van der Waals surface area contributed by atoms with Gasteiger partial charge in [-0.15, -0.1) is 0 Å². The van der Waals surface area contributed by atoms with E-state index in [1.54, 1.807) is 0 Å². The molecule has 0 atom stereocenters. The van der Waals surface area contributed by atoms with E-state index in [4.69, 9.17) is 11.6 Å². The highest BCUT2D eigenvalue weighted by molar-refractivity contribution is 6.31. The van der Waals surface area contributed by atoms with Gasteiger partial charge in [-0.1, -0.05) is 11.6 Å². The highest BCUT2D eigenvalue weighted by atomic mass is 35.5. The van der Waals surface area contributed by atoms with Crippen LogP contribution in [0.15, 0.2) is 12.1 Å². The largest absolute Gasteiger partial charge is 0.471 e. The van der Waals surface area contributed by atoms with Gasteiger partial charge < -0.3 is 4.90 Å². The van der Waals surface area contributed by atoms with Gasteiger partial charge in [-0.3, -0.25) is 14.9 Å². The third-order valence-corrected chi connectivity index (χ3v) is 3.63. The normalized spacial score (nSPS) is 15.3. The van der Waals surface area contributed by atoms with Crippen molar-refractivity contribution in [2.24, 2.45) is 0 Å². The zero-order valence-corrected chi connectivity index (χ0v) is 11.4. The van der Waals surface area contributed by atoms with Crippen molar-refractivity contribution in [3.05, 3.63) is 38.4 Å². The molecule has 0 aliphatic carbocycles. The fourth-order valence-corrected chi connectivity index (χ4v) is 2.61. The molecule has 1 aromatic rings. The highest BCUT2D eigenvalue weighted by Gasteiger charge is 2.42. The first-order valence-corrected chi connectivity index (χ1v) is 6.39. The summed E-state index contributed by atoms with van der Waals surface area (Å²) in [6.45, 7) is -0.272. The van der Waals surface area contributed by atoms with Crippen LogP contribution in [0, 0.1) is 10.1 Å². The molecular weight excluding hydrogens is 313 g/mol. The van der Waals surface area contributed by atoms with Gasteiger partial charge >= 0.3 is 12.1 Å². The Morgan fingerprint density at radius 1 is 1.29 bits per heavy atom. The average molecular weight is 323 g/mol. The predicted octanol–water partition coefficient (Wildman–Crippen LogP) is 2.74. The third kappa shape index (κ3) is 3.26. The lowest BCUT2D eigenvalue weighted by Gasteiger charge is -2.21. The Balaban J connectivity index is 2.27. The zero-order chi connectivity index (χ0) is 15.8. The van der Waals surface area contributed by atoms with Crippen molar-refractivity contribution in [2.75, 3.05) is 13.1 Å². The van der Waals surface area contributed by atoms with Crippen molar-refractivity contribution in [3.63, 3.8) is 0 Å². The van der Waals surface area contributed by atoms with Gasteiger partial charge in [0.2, 0.25) is 0 Å². The predicted molar refractivity (Wildman–Crippen MR) is 68.1 cm³/mol. The maximum Gasteiger partial charge on any atom is 0.471 e. The molecule has 0 unspecified atom stereocenters. The Morgan fingerprint density at radius 2 is 1.90 bits per heavy atom. The maximum absolute atomic E-state index is 12.4. The molecule has 0 spiro atoms. The highest BCUT2D eigenvalue weighted by Crippen LogP contribution is 2.30. The van der Waals surface area contributed by atoms with Crippen LogP contribution in [0.5, 0.6) is 0 Å². The van der Waals surface area contributed by atoms with Gasteiger partial charge in [0, 0.05) is 25.2 Å². The SMILES string of the molecule is O=C(N1CCc2cc([N+](=O)[O-])cc(Cl)c2CC1)C(F)(F)F. The van der Waals surface area contributed by atoms with E-state index in [1.165, 1.54) is 12.1 Å². The summed E-state index contributed by atoms with van der Waals surface area (Å²) in [5.74, 6) is -1.90. The summed E-state index contributed by atoms with van der Waals surface area (Å²) in [5, 5.41) is 10.9. The standard InChI is InChI=1S/C12H10ClF3N2O3/c13-10-6-8(18(20)21)5-7-1-3-17(4-2-9(7)10)11(19)12(14,15)16/h5-6H,1-4H2. The second-order valence-electron chi connectivity index (χ2n) is 4.61. The number of halogens is 4. The van der Waals surface area contributed by atoms with E-state index in [1.807, 2.05) is 0 Å². The first-order valence-electron chi connectivity index (χ1n) is 6.02. The molecule has 21 heavy (non-hydrogen) atoms. The molecule has 2 rings (SSSR count). The first-order chi connectivity index (χ1) is 9.70. The number of amides is 1. The minimum absolute atomic E-state index is 0.0958. The van der Waals surface area contributed by atoms with Crippen LogP contribution in [-0.4, -0.2) is 35.0 Å². The van der Waals surface area contributed by atoms with Gasteiger partial charge in [0.15, 0.2) is 0 Å². The topological polar surface area (TPSA) is 63.5 Å². The molecule has 9 heteroatoms. The zero-order valence-electron chi connectivity index (χ0n) is 10.6. The molecule has 1 aliphatic rings. The van der Waals surface area contributed by atoms with Crippen LogP contribution in [0.3, 0.4) is 0 Å². The van der Waals surface area contributed by atoms with Crippen molar-refractivity contribution in [3.8, 4) is 0 Å². The minimum Gasteiger partial charge on any atom is -0.334 e. The van der Waals surface area contributed by atoms with Crippen LogP contribution >= 0.6 is 11.6 Å². The van der Waals surface area contributed by atoms with E-state index in [0.29, 0.717) is 16.0 Å². The minimum atomic E-state index is -4.92. The van der Waals surface area contributed by atoms with Gasteiger partial charge in [-0.2, -0.15) is 13.2 Å². The van der Waals surface area contributed by atoms with E-state index in [9.17, 15) is 28.1 Å². The van der Waals surface area contributed by atoms with Crippen LogP contribution in [0.25, 0.3) is 0 Å². The monoisotopic (exact) mass is 322 g/mol. The molecule has 0 fully saturated rings. The summed E-state index contributed by atoms with van der Waals surface area (Å²) in [5.41, 5.74) is 0.848. The number of rotatable bonds is 1. The molecule has 0 bridgehead atoms. The Bertz CT molecular complexity index is 604. The number of fused-ring (bicyclic) bond motifs is 1. The summed E-state index contributed by atoms with van der Waals surface area (Å²) in [4.78, 5) is 22.1. The number of carbonyl (C=O) groups excluding carboxylic acids is 1. The number of nitro groups is 1. The molecular formula is C12H10ClF3N2O3. The molecule has 1 aromatic carbocycles. The number of nitrogens with zero attached hydrogens (tertiary/aromatic N) is 2. The quantitative estimate of drug-likeness (QED) is 0.590. The summed E-state index contributed by atoms with van der Waals surface area (Å²) in [6.07, 6.45) is -4.70. The Kier molecular flexibility index (Phi) is 4.08. The van der Waals surface area contributed by atoms with Gasteiger partial charge in [0.1, 0.15) is 0 Å². The molecule has 114 valence electrons. The summed E-state index contributed by atoms with van der Waals surface area (Å²) in [6, 6.07) is 2.46. The van der Waals surface area contributed by atoms with Crippen LogP contribution < -0.4 is 0 Å². The molecule has 1 heterocycles. The number of carbonyl (C=O) groups is 1. The van der Waals surface area contributed by atoms with Crippen LogP contribution in [-0.2, 0) is 17.6 Å². The number of non-ortho nitro benzene ring substituents is 1. The smallest absolute Gasteiger partial charge is 0.334 e. The number of benzene rings is 1. The Morgan fingerprint density at radius 3 is 2.48 bits per heavy atom. The lowest BCUT2D eigenvalue weighted by atomic mass is 10.0. The third-order valence-electron chi connectivity index (χ3n) is 3.30. The molecule has 1 aliphatic heterocycles. The van der Waals surface area contributed by atoms with Gasteiger partial charge in [0.25, 0.3) is 5.69 Å². The van der Waals surface area contributed by atoms with Crippen LogP contribution in [0.4, 0.5) is 18.9 Å². The number of alkyl halides is 3. The van der Waals surface area contributed by atoms with E-state index < -0.39 is 17.0 Å². The first kappa shape index (κ1) is 15.6. The van der Waals surface area contributed by atoms with E-state index in [-0.39, 0.29) is 36.6 Å². The van der Waals surface area contributed by atoms with Crippen molar-refractivity contribution in [1.82, 2.24) is 4.90 Å². The maximum atomic E-state index is 12.4. The summed E-state index contributed by atoms with van der Waals surface area (Å²) in [7, 11) is 0. The van der Waals surface area contributed by atoms with Crippen LogP contribution in [0.2, 0.25) is 5.02 Å². The Labute approximate surface area is 122 Å². The van der Waals surface area contributed by atoms with Crippen molar-refractivity contribution >= 4 is 23.2 Å². The summed E-state index contributed by atoms with van der Waals surface area (Å²) < 4.78 is 37.3. The Hall–Kier alpha value is -1.83. The van der Waals surface area contributed by atoms with Gasteiger partial charge in [-0.25, -0.2) is 0 Å². The van der Waals surface area contributed by atoms with E-state index in [2.05, 4.69) is 0 Å². The van der Waals surface area contributed by atoms with Crippen molar-refractivity contribution in [2.45, 2.75) is 19.0 Å². The molecule has 0 aromatic heterocycles. The van der Waals surface area contributed by atoms with Gasteiger partial charge in [-0.05, 0) is 24.0 Å². The molecule has 0 saturated carbocycles. The van der Waals surface area contributed by atoms with Gasteiger partial charge in [0.05, 0.1) is 9.95 Å². The van der Waals surface area contributed by atoms with E-state index in [0.717, 1.165) is 0 Å². The van der Waals surface area contributed by atoms with Crippen molar-refractivity contribution < 1.29 is 22.9 Å². The summed E-state index contributed by atoms with van der Waals surface area (Å²) >= 11 is 5.95. The number of hydrogen-bond acceptors (Lipinski definition) is 3. The van der Waals surface area contributed by atoms with E-state index >= 15 is 0 Å². The average Bonchev–Trinajstić information content (AvgIpc) is 2.59. The second-order valence-corrected chi connectivity index (χ2v) is 5.02. The van der Waals surface area contributed by atoms with Crippen molar-refractivity contribution in [1.29, 1.82) is 0 Å². The molecule has 0 N–H and O–H groups in total. The molecule has 0 radical (unpaired) electrons. The molecule has 0 saturated heterocycles. The van der Waals surface area contributed by atoms with Crippen LogP contribution in [0.1, 0.15) is 11.1 Å². The second kappa shape index (κ2) is 5.51. The lowest BCUT2D eigenvalue weighted by Crippen LogP contribution is -2.42. The lowest BCUT2D eigenvalue weighted by molar-refractivity contribution is -0.384. The molecule has 5 nitrogen and oxygen atoms in total. The fraction of sp³-hybridized carbons (Fsp3) is 0.417. The number of nitro benzene ring substituents is 1. The fourth-order valence-electron chi connectivity index (χ4n) is 2.28. The molecule has 1 amide bonds.